The van der Waals surface area contributed by atoms with Crippen LogP contribution in [-0.4, -0.2) is 20.9 Å². The monoisotopic (exact) mass is 876 g/mol. The number of thiophene rings is 3. The number of rotatable bonds is 8. The number of carbonyl (C=O) groups excluding carboxylic acids is 1. The number of aliphatic hydroxyl groups excluding tert-OH is 1. The van der Waals surface area contributed by atoms with Crippen LogP contribution in [0.5, 0.6) is 0 Å². The molecule has 0 aliphatic carbocycles. The summed E-state index contributed by atoms with van der Waals surface area (Å²) in [6.07, 6.45) is 6.45. The van der Waals surface area contributed by atoms with Gasteiger partial charge in [-0.25, -0.2) is 4.98 Å². The molecule has 4 aromatic heterocycles. The van der Waals surface area contributed by atoms with Crippen molar-refractivity contribution in [1.29, 1.82) is 0 Å². The Labute approximate surface area is 311 Å². The smallest absolute Gasteiger partial charge is 0.164 e. The molecule has 0 bridgehead atoms. The van der Waals surface area contributed by atoms with Crippen molar-refractivity contribution < 1.29 is 30.0 Å². The van der Waals surface area contributed by atoms with Crippen LogP contribution in [0.2, 0.25) is 0 Å². The van der Waals surface area contributed by atoms with Gasteiger partial charge < -0.3 is 5.11 Å². The van der Waals surface area contributed by atoms with Crippen LogP contribution in [0.1, 0.15) is 98.4 Å². The Bertz CT molecular complexity index is 2100. The van der Waals surface area contributed by atoms with Gasteiger partial charge in [-0.05, 0) is 66.3 Å². The van der Waals surface area contributed by atoms with Gasteiger partial charge in [0.15, 0.2) is 5.78 Å². The molecule has 0 spiro atoms. The zero-order valence-corrected chi connectivity index (χ0v) is 34.6. The summed E-state index contributed by atoms with van der Waals surface area (Å²) in [5.41, 5.74) is 2.84. The molecule has 0 aliphatic heterocycles. The standard InChI is InChI=1S/C25H19N2S3.C15H28O2.Ir/c1-13-9-16-18(29-13)5-6-19-20(16)21-22(26-12-27-24(21)30-19)15-10-14-7-8-28-23(14)17(11-15)25(2,3)4;1-7-14(5,8-2)12(16)11-13(17)15(6,9-3)10-4;/h5-9,11-12H,1-4H3;11,16H,7-10H2,1-6H3;/q-1;;/b;12-11-;. The minimum atomic E-state index is -0.337. The molecule has 1 N–H and O–H groups in total. The van der Waals surface area contributed by atoms with E-state index in [2.05, 4.69) is 74.5 Å². The summed E-state index contributed by atoms with van der Waals surface area (Å²) in [6.45, 7) is 21.1. The Morgan fingerprint density at radius 3 is 2.15 bits per heavy atom. The molecule has 4 nitrogen and oxygen atoms in total. The number of aromatic nitrogens is 2. The predicted molar refractivity (Wildman–Crippen MR) is 206 cm³/mol. The Balaban J connectivity index is 0.000000251. The van der Waals surface area contributed by atoms with Gasteiger partial charge in [0, 0.05) is 73.1 Å². The number of fused-ring (bicyclic) bond motifs is 6. The van der Waals surface area contributed by atoms with Gasteiger partial charge in [-0.15, -0.1) is 46.3 Å². The van der Waals surface area contributed by atoms with E-state index in [9.17, 15) is 9.90 Å². The third kappa shape index (κ3) is 7.20. The number of ketones is 1. The second-order valence-corrected chi connectivity index (χ2v) is 17.4. The van der Waals surface area contributed by atoms with Gasteiger partial charge in [0.25, 0.3) is 0 Å². The van der Waals surface area contributed by atoms with Crippen LogP contribution in [0, 0.1) is 23.8 Å². The zero-order chi connectivity index (χ0) is 34.3. The molecule has 257 valence electrons. The molecule has 0 saturated carbocycles. The van der Waals surface area contributed by atoms with Crippen LogP contribution in [-0.2, 0) is 30.3 Å². The normalized spacial score (nSPS) is 12.8. The fourth-order valence-corrected chi connectivity index (χ4v) is 8.99. The van der Waals surface area contributed by atoms with Crippen LogP contribution in [0.15, 0.2) is 53.9 Å². The van der Waals surface area contributed by atoms with E-state index in [1.807, 2.05) is 52.9 Å². The van der Waals surface area contributed by atoms with Gasteiger partial charge in [0.2, 0.25) is 0 Å². The van der Waals surface area contributed by atoms with E-state index in [4.69, 9.17) is 4.98 Å². The SMILES string of the molecule is CCC(C)(CC)C(=O)/C=C(\O)C(C)(CC)CC.Cc1cc2c(ccc3sc4ncnc(-c5[c-]c6ccsc6c(C(C)(C)C)c5)c4c32)s1.[Ir]. The van der Waals surface area contributed by atoms with Crippen molar-refractivity contribution in [3.05, 3.63) is 70.4 Å². The molecule has 0 aliphatic rings. The first-order valence-electron chi connectivity index (χ1n) is 16.7. The number of benzene rings is 2. The predicted octanol–water partition coefficient (Wildman–Crippen LogP) is 13.0. The Kier molecular flexibility index (Phi) is 11.8. The summed E-state index contributed by atoms with van der Waals surface area (Å²) in [5.74, 6) is 0.286. The fourth-order valence-electron chi connectivity index (χ4n) is 5.92. The Morgan fingerprint density at radius 2 is 1.52 bits per heavy atom. The minimum Gasteiger partial charge on any atom is -0.512 e. The summed E-state index contributed by atoms with van der Waals surface area (Å²) >= 11 is 5.39. The van der Waals surface area contributed by atoms with E-state index < -0.39 is 0 Å². The number of carbonyl (C=O) groups is 1. The molecule has 8 heteroatoms. The Morgan fingerprint density at radius 1 is 0.875 bits per heavy atom. The molecule has 6 aromatic rings. The first-order chi connectivity index (χ1) is 22.2. The van der Waals surface area contributed by atoms with E-state index in [1.54, 1.807) is 29.0 Å². The Hall–Kier alpha value is -2.48. The van der Waals surface area contributed by atoms with Crippen molar-refractivity contribution in [3.8, 4) is 11.3 Å². The molecule has 4 heterocycles. The summed E-state index contributed by atoms with van der Waals surface area (Å²) in [4.78, 5) is 24.0. The summed E-state index contributed by atoms with van der Waals surface area (Å²) in [6, 6.07) is 14.9. The maximum Gasteiger partial charge on any atom is 0.164 e. The minimum absolute atomic E-state index is 0. The van der Waals surface area contributed by atoms with E-state index >= 15 is 0 Å². The molecule has 6 rings (SSSR count). The summed E-state index contributed by atoms with van der Waals surface area (Å²) in [5, 5.41) is 17.2. The van der Waals surface area contributed by atoms with Gasteiger partial charge in [-0.2, -0.15) is 11.3 Å². The van der Waals surface area contributed by atoms with Gasteiger partial charge >= 0.3 is 0 Å². The van der Waals surface area contributed by atoms with Gasteiger partial charge in [0.1, 0.15) is 16.9 Å². The average Bonchev–Trinajstić information content (AvgIpc) is 3.78. The van der Waals surface area contributed by atoms with Crippen molar-refractivity contribution in [3.63, 3.8) is 0 Å². The molecule has 2 aromatic carbocycles. The van der Waals surface area contributed by atoms with E-state index in [0.29, 0.717) is 0 Å². The zero-order valence-electron chi connectivity index (χ0n) is 29.8. The maximum atomic E-state index is 12.2. The molecule has 0 unspecified atom stereocenters. The number of nitrogens with zero attached hydrogens (tertiary/aromatic N) is 2. The molecule has 48 heavy (non-hydrogen) atoms. The molecule has 0 amide bonds. The first-order valence-corrected chi connectivity index (χ1v) is 19.2. The molecule has 0 fully saturated rings. The van der Waals surface area contributed by atoms with Gasteiger partial charge in [-0.1, -0.05) is 73.4 Å². The summed E-state index contributed by atoms with van der Waals surface area (Å²) in [7, 11) is 0. The quantitative estimate of drug-likeness (QED) is 0.0940. The van der Waals surface area contributed by atoms with E-state index in [0.717, 1.165) is 47.2 Å². The molecule has 0 saturated heterocycles. The second-order valence-electron chi connectivity index (χ2n) is 14.2. The van der Waals surface area contributed by atoms with Crippen molar-refractivity contribution >= 4 is 80.3 Å². The average molecular weight is 876 g/mol. The van der Waals surface area contributed by atoms with Crippen LogP contribution in [0.3, 0.4) is 0 Å². The maximum absolute atomic E-state index is 12.2. The topological polar surface area (TPSA) is 63.1 Å². The third-order valence-corrected chi connectivity index (χ3v) is 13.2. The van der Waals surface area contributed by atoms with Crippen molar-refractivity contribution in [2.24, 2.45) is 10.8 Å². The van der Waals surface area contributed by atoms with Crippen LogP contribution in [0.4, 0.5) is 0 Å². The van der Waals surface area contributed by atoms with E-state index in [-0.39, 0.29) is 47.9 Å². The number of allylic oxidation sites excluding steroid dienone is 2. The van der Waals surface area contributed by atoms with Crippen LogP contribution in [0.25, 0.3) is 51.7 Å². The van der Waals surface area contributed by atoms with Gasteiger partial charge in [0.05, 0.1) is 0 Å². The third-order valence-electron chi connectivity index (χ3n) is 10.2. The number of aryl methyl sites for hydroxylation is 1. The van der Waals surface area contributed by atoms with Crippen molar-refractivity contribution in [2.75, 3.05) is 0 Å². The molecular formula is C40H47IrN2O2S3-. The fraction of sp³-hybridized carbons (Fsp3) is 0.425. The van der Waals surface area contributed by atoms with Gasteiger partial charge in [-0.3, -0.25) is 9.78 Å². The molecular weight excluding hydrogens is 829 g/mol. The van der Waals surface area contributed by atoms with Crippen LogP contribution < -0.4 is 0 Å². The first kappa shape index (κ1) is 38.3. The number of hydrogen-bond acceptors (Lipinski definition) is 7. The summed E-state index contributed by atoms with van der Waals surface area (Å²) < 4.78 is 3.91. The second kappa shape index (κ2) is 14.8. The van der Waals surface area contributed by atoms with Crippen LogP contribution >= 0.6 is 34.0 Å². The molecule has 1 radical (unpaired) electrons. The number of aliphatic hydroxyl groups is 1. The van der Waals surface area contributed by atoms with Crippen molar-refractivity contribution in [1.82, 2.24) is 9.97 Å². The van der Waals surface area contributed by atoms with Crippen molar-refractivity contribution in [2.45, 2.75) is 100 Å². The molecule has 0 atom stereocenters. The number of hydrogen-bond donors (Lipinski definition) is 1. The van der Waals surface area contributed by atoms with E-state index in [1.165, 1.54) is 46.8 Å². The largest absolute Gasteiger partial charge is 0.512 e.